The van der Waals surface area contributed by atoms with Gasteiger partial charge < -0.3 is 4.90 Å². The Bertz CT molecular complexity index is 558. The van der Waals surface area contributed by atoms with Crippen molar-refractivity contribution in [2.45, 2.75) is 20.8 Å². The fourth-order valence-electron chi connectivity index (χ4n) is 2.07. The van der Waals surface area contributed by atoms with Gasteiger partial charge >= 0.3 is 0 Å². The van der Waals surface area contributed by atoms with E-state index in [0.717, 1.165) is 29.1 Å². The summed E-state index contributed by atoms with van der Waals surface area (Å²) in [5, 5.41) is 0. The van der Waals surface area contributed by atoms with Gasteiger partial charge in [-0.3, -0.25) is 0 Å². The van der Waals surface area contributed by atoms with Crippen LogP contribution in [0.15, 0.2) is 42.1 Å². The third-order valence-electron chi connectivity index (χ3n) is 3.17. The number of halogens is 1. The predicted octanol–water partition coefficient (Wildman–Crippen LogP) is 4.07. The molecule has 0 amide bonds. The topological polar surface area (TPSA) is 3.24 Å². The van der Waals surface area contributed by atoms with E-state index in [1.54, 1.807) is 12.1 Å². The molecule has 0 bridgehead atoms. The van der Waals surface area contributed by atoms with Crippen molar-refractivity contribution in [3.05, 3.63) is 65.1 Å². The van der Waals surface area contributed by atoms with Crippen molar-refractivity contribution in [2.75, 3.05) is 6.54 Å². The first-order chi connectivity index (χ1) is 8.54. The summed E-state index contributed by atoms with van der Waals surface area (Å²) in [7, 11) is 0. The van der Waals surface area contributed by atoms with E-state index >= 15 is 0 Å². The largest absolute Gasteiger partial charge is 0.376 e. The third kappa shape index (κ3) is 3.24. The van der Waals surface area contributed by atoms with E-state index in [4.69, 9.17) is 0 Å². The van der Waals surface area contributed by atoms with Crippen LogP contribution >= 0.6 is 0 Å². The molecular formula is C16H17FNY-. The van der Waals surface area contributed by atoms with Crippen molar-refractivity contribution in [1.29, 1.82) is 0 Å². The van der Waals surface area contributed by atoms with Crippen LogP contribution in [0.1, 0.15) is 25.0 Å². The Morgan fingerprint density at radius 3 is 2.58 bits per heavy atom. The first kappa shape index (κ1) is 16.3. The second kappa shape index (κ2) is 6.63. The number of likely N-dealkylation sites (N-methyl/N-ethyl adjacent to an activating group) is 1. The molecule has 1 aromatic rings. The molecule has 0 spiro atoms. The van der Waals surface area contributed by atoms with Crippen molar-refractivity contribution in [1.82, 2.24) is 4.90 Å². The van der Waals surface area contributed by atoms with E-state index < -0.39 is 0 Å². The number of rotatable bonds is 2. The molecule has 1 heterocycles. The van der Waals surface area contributed by atoms with Crippen LogP contribution in [0.5, 0.6) is 0 Å². The van der Waals surface area contributed by atoms with Crippen molar-refractivity contribution >= 4 is 5.70 Å². The van der Waals surface area contributed by atoms with Crippen LogP contribution in [-0.4, -0.2) is 11.4 Å². The third-order valence-corrected chi connectivity index (χ3v) is 3.17. The molecule has 1 aliphatic rings. The maximum absolute atomic E-state index is 14.0. The Balaban J connectivity index is 0.00000180. The Morgan fingerprint density at radius 1 is 1.32 bits per heavy atom. The average Bonchev–Trinajstić information content (AvgIpc) is 2.33. The Morgan fingerprint density at radius 2 is 2.00 bits per heavy atom. The van der Waals surface area contributed by atoms with Crippen molar-refractivity contribution in [2.24, 2.45) is 0 Å². The summed E-state index contributed by atoms with van der Waals surface area (Å²) in [6.45, 7) is 10.7. The van der Waals surface area contributed by atoms with Gasteiger partial charge in [0, 0.05) is 39.3 Å². The second-order valence-electron chi connectivity index (χ2n) is 4.49. The molecule has 0 saturated heterocycles. The SMILES string of the molecule is C=C1C(C)=C[C-]=C(c2ccc(C)cc2F)N1CC.[Y]. The summed E-state index contributed by atoms with van der Waals surface area (Å²) in [4.78, 5) is 1.99. The van der Waals surface area contributed by atoms with Gasteiger partial charge in [-0.05, 0) is 25.6 Å². The molecule has 0 aliphatic carbocycles. The van der Waals surface area contributed by atoms with E-state index in [9.17, 15) is 4.39 Å². The van der Waals surface area contributed by atoms with E-state index in [-0.39, 0.29) is 38.5 Å². The molecule has 0 aromatic heterocycles. The van der Waals surface area contributed by atoms with Crippen LogP contribution in [0.3, 0.4) is 0 Å². The van der Waals surface area contributed by atoms with Gasteiger partial charge in [0.05, 0.1) is 5.82 Å². The average molecular weight is 331 g/mol. The van der Waals surface area contributed by atoms with Crippen molar-refractivity contribution in [3.63, 3.8) is 0 Å². The maximum Gasteiger partial charge on any atom is 0.0784 e. The minimum Gasteiger partial charge on any atom is -0.376 e. The van der Waals surface area contributed by atoms with E-state index in [0.29, 0.717) is 5.56 Å². The van der Waals surface area contributed by atoms with Crippen LogP contribution in [0, 0.1) is 18.8 Å². The fourth-order valence-corrected chi connectivity index (χ4v) is 2.07. The van der Waals surface area contributed by atoms with Gasteiger partial charge in [-0.25, -0.2) is 4.39 Å². The van der Waals surface area contributed by atoms with Gasteiger partial charge in [0.25, 0.3) is 0 Å². The summed E-state index contributed by atoms with van der Waals surface area (Å²) in [5.41, 5.74) is 4.22. The zero-order valence-corrected chi connectivity index (χ0v) is 14.5. The van der Waals surface area contributed by atoms with Gasteiger partial charge in [0.1, 0.15) is 0 Å². The number of allylic oxidation sites excluding steroid dienone is 3. The van der Waals surface area contributed by atoms with Gasteiger partial charge in [-0.2, -0.15) is 12.2 Å². The molecule has 0 atom stereocenters. The van der Waals surface area contributed by atoms with Gasteiger partial charge in [-0.15, -0.1) is 11.6 Å². The monoisotopic (exact) mass is 331 g/mol. The van der Waals surface area contributed by atoms with Gasteiger partial charge in [0.2, 0.25) is 0 Å². The standard InChI is InChI=1S/C16H17FN.Y/c1-5-18-13(4)12(3)7-9-16(18)14-8-6-11(2)10-15(14)17;/h6-8,10H,4-5H2,1-3H3;/q-1;. The van der Waals surface area contributed by atoms with Crippen LogP contribution in [0.25, 0.3) is 5.70 Å². The summed E-state index contributed by atoms with van der Waals surface area (Å²) in [5.74, 6) is -0.211. The molecule has 0 N–H and O–H groups in total. The van der Waals surface area contributed by atoms with Crippen LogP contribution in [-0.2, 0) is 32.7 Å². The molecule has 19 heavy (non-hydrogen) atoms. The summed E-state index contributed by atoms with van der Waals surface area (Å²) < 4.78 is 14.0. The number of hydrogen-bond donors (Lipinski definition) is 0. The Hall–Kier alpha value is -0.726. The first-order valence-electron chi connectivity index (χ1n) is 6.08. The number of aryl methyl sites for hydroxylation is 1. The second-order valence-corrected chi connectivity index (χ2v) is 4.49. The molecule has 1 radical (unpaired) electrons. The van der Waals surface area contributed by atoms with Crippen LogP contribution in [0.2, 0.25) is 0 Å². The summed E-state index contributed by atoms with van der Waals surface area (Å²) in [6, 6.07) is 5.26. The normalized spacial score (nSPS) is 14.7. The quantitative estimate of drug-likeness (QED) is 0.739. The minimum absolute atomic E-state index is 0. The van der Waals surface area contributed by atoms with E-state index in [1.807, 2.05) is 37.8 Å². The zero-order valence-electron chi connectivity index (χ0n) is 11.6. The maximum atomic E-state index is 14.0. The molecule has 1 aliphatic heterocycles. The fraction of sp³-hybridized carbons (Fsp3) is 0.250. The molecule has 1 aromatic carbocycles. The summed E-state index contributed by atoms with van der Waals surface area (Å²) in [6.07, 6.45) is 5.02. The van der Waals surface area contributed by atoms with Crippen molar-refractivity contribution < 1.29 is 37.1 Å². The molecule has 3 heteroatoms. The molecule has 2 rings (SSSR count). The minimum atomic E-state index is -0.211. The van der Waals surface area contributed by atoms with Gasteiger partial charge in [-0.1, -0.05) is 36.4 Å². The number of benzene rings is 1. The Labute approximate surface area is 139 Å². The van der Waals surface area contributed by atoms with Crippen molar-refractivity contribution in [3.8, 4) is 0 Å². The zero-order chi connectivity index (χ0) is 13.3. The molecule has 0 unspecified atom stereocenters. The molecule has 0 fully saturated rings. The predicted molar refractivity (Wildman–Crippen MR) is 73.1 cm³/mol. The van der Waals surface area contributed by atoms with E-state index in [2.05, 4.69) is 12.7 Å². The van der Waals surface area contributed by atoms with Crippen LogP contribution in [0.4, 0.5) is 4.39 Å². The number of hydrogen-bond acceptors (Lipinski definition) is 1. The molecule has 0 saturated carbocycles. The number of nitrogens with zero attached hydrogens (tertiary/aromatic N) is 1. The smallest absolute Gasteiger partial charge is 0.0784 e. The molecular weight excluding hydrogens is 314 g/mol. The van der Waals surface area contributed by atoms with Gasteiger partial charge in [0.15, 0.2) is 0 Å². The molecule has 1 nitrogen and oxygen atoms in total. The van der Waals surface area contributed by atoms with Crippen LogP contribution < -0.4 is 0 Å². The molecule has 97 valence electrons. The Kier molecular flexibility index (Phi) is 5.70. The first-order valence-corrected chi connectivity index (χ1v) is 6.08. The van der Waals surface area contributed by atoms with E-state index in [1.165, 1.54) is 0 Å². The summed E-state index contributed by atoms with van der Waals surface area (Å²) >= 11 is 0.